The molecule has 1 aliphatic rings. The maximum atomic E-state index is 13.2. The van der Waals surface area contributed by atoms with Crippen LogP contribution in [0.25, 0.3) is 0 Å². The fourth-order valence-electron chi connectivity index (χ4n) is 4.63. The van der Waals surface area contributed by atoms with Crippen LogP contribution in [-0.4, -0.2) is 41.1 Å². The van der Waals surface area contributed by atoms with Gasteiger partial charge in [0.2, 0.25) is 10.0 Å². The minimum absolute atomic E-state index is 0.188. The Hall–Kier alpha value is -2.88. The van der Waals surface area contributed by atoms with Crippen molar-refractivity contribution in [1.29, 1.82) is 0 Å². The van der Waals surface area contributed by atoms with E-state index in [0.717, 1.165) is 11.6 Å². The molecule has 0 radical (unpaired) electrons. The lowest BCUT2D eigenvalue weighted by molar-refractivity contribution is -0.958. The number of hydrogen-bond acceptors (Lipinski definition) is 3. The molecule has 3 aromatic rings. The van der Waals surface area contributed by atoms with Gasteiger partial charge in [-0.15, -0.1) is 0 Å². The molecule has 186 valence electrons. The minimum Gasteiger partial charge on any atom is -0.360 e. The van der Waals surface area contributed by atoms with E-state index in [1.165, 1.54) is 17.0 Å². The van der Waals surface area contributed by atoms with Gasteiger partial charge in [0.15, 0.2) is 0 Å². The number of hydrogen-bond donors (Lipinski definition) is 2. The number of rotatable bonds is 7. The van der Waals surface area contributed by atoms with Crippen LogP contribution >= 0.6 is 0 Å². The van der Waals surface area contributed by atoms with Crippen molar-refractivity contribution in [3.8, 4) is 0 Å². The summed E-state index contributed by atoms with van der Waals surface area (Å²) >= 11 is 0. The van der Waals surface area contributed by atoms with E-state index in [1.807, 2.05) is 42.2 Å². The standard InChI is InChI=1S/C26H28F3N3O2S/c1-25(21-9-4-2-5-10-21,20-30-35(33,34)24-13-6-3-7-14-24)32-17-15-31(16-18-32)23-12-8-11-22(19-23)26(27,28)29/h2-14,19,30H,15-18,20H2,1H3/p+1/t25-/m1/s1. The van der Waals surface area contributed by atoms with Gasteiger partial charge < -0.3 is 9.80 Å². The van der Waals surface area contributed by atoms with Crippen LogP contribution in [0.5, 0.6) is 0 Å². The molecule has 2 N–H and O–H groups in total. The zero-order valence-corrected chi connectivity index (χ0v) is 20.2. The van der Waals surface area contributed by atoms with Gasteiger partial charge in [-0.2, -0.15) is 13.2 Å². The number of nitrogens with one attached hydrogen (secondary N) is 2. The predicted octanol–water partition coefficient (Wildman–Crippen LogP) is 3.30. The van der Waals surface area contributed by atoms with Crippen LogP contribution in [0, 0.1) is 0 Å². The lowest BCUT2D eigenvalue weighted by atomic mass is 9.89. The fraction of sp³-hybridized carbons (Fsp3) is 0.308. The fourth-order valence-corrected chi connectivity index (χ4v) is 5.79. The van der Waals surface area contributed by atoms with Gasteiger partial charge in [-0.3, -0.25) is 0 Å². The second-order valence-electron chi connectivity index (χ2n) is 8.97. The summed E-state index contributed by atoms with van der Waals surface area (Å²) in [7, 11) is -3.69. The van der Waals surface area contributed by atoms with Gasteiger partial charge >= 0.3 is 6.18 Å². The average Bonchev–Trinajstić information content (AvgIpc) is 2.88. The van der Waals surface area contributed by atoms with E-state index >= 15 is 0 Å². The Morgan fingerprint density at radius 3 is 2.03 bits per heavy atom. The first-order valence-electron chi connectivity index (χ1n) is 11.5. The van der Waals surface area contributed by atoms with Crippen LogP contribution < -0.4 is 14.5 Å². The van der Waals surface area contributed by atoms with Crippen LogP contribution in [-0.2, 0) is 21.7 Å². The Bertz CT molecular complexity index is 1230. The smallest absolute Gasteiger partial charge is 0.360 e. The van der Waals surface area contributed by atoms with Gasteiger partial charge in [-0.05, 0) is 37.3 Å². The molecule has 1 aliphatic heterocycles. The minimum atomic E-state index is -4.38. The van der Waals surface area contributed by atoms with Gasteiger partial charge in [0, 0.05) is 11.3 Å². The summed E-state index contributed by atoms with van der Waals surface area (Å²) in [4.78, 5) is 3.33. The van der Waals surface area contributed by atoms with Gasteiger partial charge in [-0.1, -0.05) is 54.6 Å². The number of nitrogens with zero attached hydrogens (tertiary/aromatic N) is 1. The molecule has 35 heavy (non-hydrogen) atoms. The summed E-state index contributed by atoms with van der Waals surface area (Å²) in [6.45, 7) is 4.64. The molecule has 1 atom stereocenters. The maximum absolute atomic E-state index is 13.2. The Morgan fingerprint density at radius 2 is 1.43 bits per heavy atom. The molecule has 9 heteroatoms. The molecular formula is C26H29F3N3O2S+. The molecule has 5 nitrogen and oxygen atoms in total. The Kier molecular flexibility index (Phi) is 7.21. The van der Waals surface area contributed by atoms with Crippen molar-refractivity contribution in [3.63, 3.8) is 0 Å². The molecule has 4 rings (SSSR count). The number of halogens is 3. The van der Waals surface area contributed by atoms with E-state index < -0.39 is 27.3 Å². The van der Waals surface area contributed by atoms with E-state index in [2.05, 4.69) is 4.72 Å². The van der Waals surface area contributed by atoms with Gasteiger partial charge in [0.1, 0.15) is 5.54 Å². The van der Waals surface area contributed by atoms with Gasteiger partial charge in [-0.25, -0.2) is 13.1 Å². The number of piperazine rings is 1. The average molecular weight is 505 g/mol. The zero-order valence-electron chi connectivity index (χ0n) is 19.4. The highest BCUT2D eigenvalue weighted by Crippen LogP contribution is 2.31. The Morgan fingerprint density at radius 1 is 0.857 bits per heavy atom. The lowest BCUT2D eigenvalue weighted by Crippen LogP contribution is -3.21. The summed E-state index contributed by atoms with van der Waals surface area (Å²) < 4.78 is 68.1. The normalized spacial score (nSPS) is 17.2. The monoisotopic (exact) mass is 504 g/mol. The molecule has 1 saturated heterocycles. The third-order valence-corrected chi connectivity index (χ3v) is 8.18. The number of sulfonamides is 1. The largest absolute Gasteiger partial charge is 0.416 e. The topological polar surface area (TPSA) is 53.9 Å². The Labute approximate surface area is 204 Å². The third-order valence-electron chi connectivity index (χ3n) is 6.77. The lowest BCUT2D eigenvalue weighted by Gasteiger charge is -2.44. The van der Waals surface area contributed by atoms with Crippen molar-refractivity contribution in [2.24, 2.45) is 0 Å². The molecule has 3 aromatic carbocycles. The molecule has 0 amide bonds. The van der Waals surface area contributed by atoms with Crippen LogP contribution in [0.2, 0.25) is 0 Å². The van der Waals surface area contributed by atoms with E-state index in [0.29, 0.717) is 31.9 Å². The zero-order chi connectivity index (χ0) is 25.1. The number of alkyl halides is 3. The summed E-state index contributed by atoms with van der Waals surface area (Å²) in [6.07, 6.45) is -4.38. The molecule has 0 aromatic heterocycles. The molecule has 1 fully saturated rings. The van der Waals surface area contributed by atoms with E-state index in [-0.39, 0.29) is 11.4 Å². The van der Waals surface area contributed by atoms with E-state index in [4.69, 9.17) is 0 Å². The molecule has 0 bridgehead atoms. The summed E-state index contributed by atoms with van der Waals surface area (Å²) in [5.74, 6) is 0. The first-order chi connectivity index (χ1) is 16.6. The quantitative estimate of drug-likeness (QED) is 0.519. The number of quaternary nitrogens is 1. The van der Waals surface area contributed by atoms with Crippen molar-refractivity contribution in [3.05, 3.63) is 96.1 Å². The summed E-state index contributed by atoms with van der Waals surface area (Å²) in [5, 5.41) is 0. The molecule has 0 spiro atoms. The highest BCUT2D eigenvalue weighted by molar-refractivity contribution is 7.89. The first kappa shape index (κ1) is 25.2. The number of benzene rings is 3. The van der Waals surface area contributed by atoms with Crippen LogP contribution in [0.3, 0.4) is 0 Å². The summed E-state index contributed by atoms with van der Waals surface area (Å²) in [6, 6.07) is 23.4. The molecular weight excluding hydrogens is 475 g/mol. The highest BCUT2D eigenvalue weighted by Gasteiger charge is 2.41. The predicted molar refractivity (Wildman–Crippen MR) is 130 cm³/mol. The number of anilines is 1. The van der Waals surface area contributed by atoms with Crippen LogP contribution in [0.1, 0.15) is 18.1 Å². The second-order valence-corrected chi connectivity index (χ2v) is 10.7. The van der Waals surface area contributed by atoms with Crippen molar-refractivity contribution in [1.82, 2.24) is 4.72 Å². The molecule has 0 saturated carbocycles. The van der Waals surface area contributed by atoms with E-state index in [9.17, 15) is 21.6 Å². The third kappa shape index (κ3) is 5.69. The van der Waals surface area contributed by atoms with Crippen molar-refractivity contribution in [2.45, 2.75) is 23.5 Å². The van der Waals surface area contributed by atoms with Gasteiger partial charge in [0.05, 0.1) is 43.2 Å². The van der Waals surface area contributed by atoms with Crippen LogP contribution in [0.4, 0.5) is 18.9 Å². The molecule has 0 unspecified atom stereocenters. The molecule has 0 aliphatic carbocycles. The van der Waals surface area contributed by atoms with E-state index in [1.54, 1.807) is 36.4 Å². The van der Waals surface area contributed by atoms with Gasteiger partial charge in [0.25, 0.3) is 0 Å². The Balaban J connectivity index is 1.53. The SMILES string of the molecule is C[C@@](CNS(=O)(=O)c1ccccc1)(c1ccccc1)[NH+]1CCN(c2cccc(C(F)(F)F)c2)CC1. The first-order valence-corrected chi connectivity index (χ1v) is 13.0. The summed E-state index contributed by atoms with van der Waals surface area (Å²) in [5.41, 5.74) is 0.320. The van der Waals surface area contributed by atoms with Crippen molar-refractivity contribution in [2.75, 3.05) is 37.6 Å². The maximum Gasteiger partial charge on any atom is 0.416 e. The van der Waals surface area contributed by atoms with Crippen molar-refractivity contribution < 1.29 is 26.5 Å². The molecule has 1 heterocycles. The second kappa shape index (κ2) is 10.0. The van der Waals surface area contributed by atoms with Crippen molar-refractivity contribution >= 4 is 15.7 Å². The highest BCUT2D eigenvalue weighted by atomic mass is 32.2. The van der Waals surface area contributed by atoms with Crippen LogP contribution in [0.15, 0.2) is 89.8 Å².